The summed E-state index contributed by atoms with van der Waals surface area (Å²) in [6, 6.07) is 4.46. The van der Waals surface area contributed by atoms with Crippen molar-refractivity contribution in [2.45, 2.75) is 6.04 Å². The van der Waals surface area contributed by atoms with Gasteiger partial charge in [-0.3, -0.25) is 4.79 Å². The van der Waals surface area contributed by atoms with E-state index in [0.717, 1.165) is 0 Å². The molecule has 3 nitrogen and oxygen atoms in total. The molecule has 14 heavy (non-hydrogen) atoms. The number of rotatable bonds is 1. The molecule has 4 heteroatoms. The highest BCUT2D eigenvalue weighted by molar-refractivity contribution is 5.99. The van der Waals surface area contributed by atoms with Gasteiger partial charge in [0.1, 0.15) is 5.82 Å². The Bertz CT molecular complexity index is 392. The largest absolute Gasteiger partial charge is 0.333 e. The molecule has 1 atom stereocenters. The zero-order chi connectivity index (χ0) is 10.3. The van der Waals surface area contributed by atoms with E-state index in [4.69, 9.17) is 5.73 Å². The third-order valence-corrected chi connectivity index (χ3v) is 2.63. The fourth-order valence-corrected chi connectivity index (χ4v) is 1.86. The maximum atomic E-state index is 13.3. The van der Waals surface area contributed by atoms with Crippen molar-refractivity contribution >= 4 is 5.91 Å². The Balaban J connectivity index is 2.61. The molecule has 0 radical (unpaired) electrons. The lowest BCUT2D eigenvalue weighted by molar-refractivity contribution is 0.0775. The summed E-state index contributed by atoms with van der Waals surface area (Å²) in [7, 11) is 1.64. The van der Waals surface area contributed by atoms with Crippen molar-refractivity contribution < 1.29 is 9.18 Å². The topological polar surface area (TPSA) is 46.3 Å². The molecule has 1 unspecified atom stereocenters. The Morgan fingerprint density at radius 1 is 1.57 bits per heavy atom. The monoisotopic (exact) mass is 194 g/mol. The van der Waals surface area contributed by atoms with Crippen molar-refractivity contribution in [3.05, 3.63) is 35.1 Å². The molecule has 0 aromatic heterocycles. The minimum atomic E-state index is -0.463. The second kappa shape index (κ2) is 3.06. The highest BCUT2D eigenvalue weighted by Gasteiger charge is 2.35. The summed E-state index contributed by atoms with van der Waals surface area (Å²) in [4.78, 5) is 13.1. The number of nitrogens with two attached hydrogens (primary N) is 1. The van der Waals surface area contributed by atoms with Crippen LogP contribution in [0.15, 0.2) is 18.2 Å². The summed E-state index contributed by atoms with van der Waals surface area (Å²) < 4.78 is 13.3. The van der Waals surface area contributed by atoms with Crippen LogP contribution in [0.4, 0.5) is 4.39 Å². The van der Waals surface area contributed by atoms with Gasteiger partial charge >= 0.3 is 0 Å². The van der Waals surface area contributed by atoms with Gasteiger partial charge in [0.05, 0.1) is 11.6 Å². The first kappa shape index (κ1) is 9.15. The Labute approximate surface area is 81.3 Å². The predicted octanol–water partition coefficient (Wildman–Crippen LogP) is 0.911. The van der Waals surface area contributed by atoms with E-state index in [2.05, 4.69) is 0 Å². The van der Waals surface area contributed by atoms with E-state index in [9.17, 15) is 9.18 Å². The maximum Gasteiger partial charge on any atom is 0.257 e. The van der Waals surface area contributed by atoms with E-state index in [-0.39, 0.29) is 17.5 Å². The number of carbonyl (C=O) groups is 1. The number of hydrogen-bond donors (Lipinski definition) is 1. The number of amides is 1. The molecular weight excluding hydrogens is 183 g/mol. The summed E-state index contributed by atoms with van der Waals surface area (Å²) in [6.07, 6.45) is 0. The second-order valence-corrected chi connectivity index (χ2v) is 3.37. The van der Waals surface area contributed by atoms with Gasteiger partial charge in [0.25, 0.3) is 5.91 Å². The predicted molar refractivity (Wildman–Crippen MR) is 50.3 cm³/mol. The Hall–Kier alpha value is -1.42. The molecule has 1 heterocycles. The van der Waals surface area contributed by atoms with E-state index in [1.165, 1.54) is 11.0 Å². The standard InChI is InChI=1S/C10H11FN2O/c1-13-8(5-12)6-3-2-4-7(11)9(6)10(13)14/h2-4,8H,5,12H2,1H3. The summed E-state index contributed by atoms with van der Waals surface area (Å²) in [5.41, 5.74) is 6.40. The average Bonchev–Trinajstić information content (AvgIpc) is 2.41. The van der Waals surface area contributed by atoms with Crippen molar-refractivity contribution in [2.75, 3.05) is 13.6 Å². The number of benzene rings is 1. The third kappa shape index (κ3) is 1.04. The molecule has 1 aliphatic heterocycles. The smallest absolute Gasteiger partial charge is 0.257 e. The molecule has 0 spiro atoms. The van der Waals surface area contributed by atoms with E-state index in [1.54, 1.807) is 19.2 Å². The van der Waals surface area contributed by atoms with E-state index >= 15 is 0 Å². The molecule has 0 fully saturated rings. The van der Waals surface area contributed by atoms with Gasteiger partial charge in [-0.25, -0.2) is 4.39 Å². The molecule has 1 amide bonds. The highest BCUT2D eigenvalue weighted by Crippen LogP contribution is 2.32. The number of hydrogen-bond acceptors (Lipinski definition) is 2. The SMILES string of the molecule is CN1C(=O)c2c(F)cccc2C1CN. The molecule has 0 aliphatic carbocycles. The molecule has 0 bridgehead atoms. The molecule has 1 aromatic carbocycles. The molecule has 74 valence electrons. The van der Waals surface area contributed by atoms with Gasteiger partial charge in [0.15, 0.2) is 0 Å². The van der Waals surface area contributed by atoms with Gasteiger partial charge in [-0.15, -0.1) is 0 Å². The minimum absolute atomic E-state index is 0.172. The van der Waals surface area contributed by atoms with Crippen molar-refractivity contribution in [3.63, 3.8) is 0 Å². The number of fused-ring (bicyclic) bond motifs is 1. The van der Waals surface area contributed by atoms with Crippen LogP contribution in [0.5, 0.6) is 0 Å². The van der Waals surface area contributed by atoms with Crippen LogP contribution in [0.1, 0.15) is 22.0 Å². The fourth-order valence-electron chi connectivity index (χ4n) is 1.86. The average molecular weight is 194 g/mol. The Kier molecular flexibility index (Phi) is 2.00. The van der Waals surface area contributed by atoms with Crippen molar-refractivity contribution in [2.24, 2.45) is 5.73 Å². The Morgan fingerprint density at radius 3 is 2.93 bits per heavy atom. The van der Waals surface area contributed by atoms with E-state index in [1.807, 2.05) is 0 Å². The van der Waals surface area contributed by atoms with Gasteiger partial charge in [-0.1, -0.05) is 12.1 Å². The van der Waals surface area contributed by atoms with Crippen LogP contribution in [-0.4, -0.2) is 24.4 Å². The summed E-state index contributed by atoms with van der Waals surface area (Å²) in [5, 5.41) is 0. The molecule has 0 saturated heterocycles. The number of nitrogens with zero attached hydrogens (tertiary/aromatic N) is 1. The lowest BCUT2D eigenvalue weighted by Crippen LogP contribution is -2.28. The van der Waals surface area contributed by atoms with Gasteiger partial charge in [0, 0.05) is 13.6 Å². The van der Waals surface area contributed by atoms with Crippen molar-refractivity contribution in [1.82, 2.24) is 4.90 Å². The molecule has 0 saturated carbocycles. The van der Waals surface area contributed by atoms with Crippen LogP contribution < -0.4 is 5.73 Å². The molecule has 1 aliphatic rings. The van der Waals surface area contributed by atoms with Gasteiger partial charge in [-0.2, -0.15) is 0 Å². The van der Waals surface area contributed by atoms with Gasteiger partial charge in [0.2, 0.25) is 0 Å². The first-order valence-electron chi connectivity index (χ1n) is 4.42. The number of carbonyl (C=O) groups excluding carboxylic acids is 1. The summed E-state index contributed by atoms with van der Waals surface area (Å²) in [5.74, 6) is -0.746. The highest BCUT2D eigenvalue weighted by atomic mass is 19.1. The van der Waals surface area contributed by atoms with Crippen LogP contribution >= 0.6 is 0 Å². The maximum absolute atomic E-state index is 13.3. The lowest BCUT2D eigenvalue weighted by Gasteiger charge is -2.18. The molecular formula is C10H11FN2O. The zero-order valence-corrected chi connectivity index (χ0v) is 7.83. The van der Waals surface area contributed by atoms with Crippen LogP contribution in [0.3, 0.4) is 0 Å². The molecule has 2 N–H and O–H groups in total. The zero-order valence-electron chi connectivity index (χ0n) is 7.83. The number of likely N-dealkylation sites (N-methyl/N-ethyl adjacent to an activating group) is 1. The molecule has 2 rings (SSSR count). The summed E-state index contributed by atoms with van der Waals surface area (Å²) >= 11 is 0. The van der Waals surface area contributed by atoms with E-state index in [0.29, 0.717) is 12.1 Å². The summed E-state index contributed by atoms with van der Waals surface area (Å²) in [6.45, 7) is 0.318. The minimum Gasteiger partial charge on any atom is -0.333 e. The first-order valence-corrected chi connectivity index (χ1v) is 4.42. The lowest BCUT2D eigenvalue weighted by atomic mass is 10.0. The van der Waals surface area contributed by atoms with Crippen molar-refractivity contribution in [3.8, 4) is 0 Å². The van der Waals surface area contributed by atoms with Crippen molar-refractivity contribution in [1.29, 1.82) is 0 Å². The quantitative estimate of drug-likeness (QED) is 0.722. The Morgan fingerprint density at radius 2 is 2.29 bits per heavy atom. The number of halogens is 1. The first-order chi connectivity index (χ1) is 6.66. The van der Waals surface area contributed by atoms with Crippen LogP contribution in [-0.2, 0) is 0 Å². The third-order valence-electron chi connectivity index (χ3n) is 2.63. The van der Waals surface area contributed by atoms with Gasteiger partial charge in [-0.05, 0) is 11.6 Å². The second-order valence-electron chi connectivity index (χ2n) is 3.37. The van der Waals surface area contributed by atoms with Gasteiger partial charge < -0.3 is 10.6 Å². The molecule has 1 aromatic rings. The normalized spacial score (nSPS) is 20.1. The van der Waals surface area contributed by atoms with Crippen LogP contribution in [0, 0.1) is 5.82 Å². The van der Waals surface area contributed by atoms with Crippen LogP contribution in [0.2, 0.25) is 0 Å². The fraction of sp³-hybridized carbons (Fsp3) is 0.300. The van der Waals surface area contributed by atoms with Crippen LogP contribution in [0.25, 0.3) is 0 Å². The van der Waals surface area contributed by atoms with E-state index < -0.39 is 5.82 Å².